The van der Waals surface area contributed by atoms with Crippen molar-refractivity contribution in [2.45, 2.75) is 19.4 Å². The fourth-order valence-electron chi connectivity index (χ4n) is 1.63. The Labute approximate surface area is 110 Å². The Balaban J connectivity index is 2.49. The number of nitrogens with two attached hydrogens (primary N) is 1. The standard InChI is InChI=1S/C13H14ClN3O/c1-13(2,12(15)18)17-10-5-6-16-11-7-8(14)3-4-9(10)11/h3-7H,1-2H3,(H2,15,18)(H,16,17). The lowest BCUT2D eigenvalue weighted by Crippen LogP contribution is -2.45. The summed E-state index contributed by atoms with van der Waals surface area (Å²) in [5, 5.41) is 4.65. The van der Waals surface area contributed by atoms with Crippen LogP contribution >= 0.6 is 11.6 Å². The first-order valence-electron chi connectivity index (χ1n) is 5.52. The number of hydrogen-bond donors (Lipinski definition) is 2. The first-order valence-corrected chi connectivity index (χ1v) is 5.90. The van der Waals surface area contributed by atoms with Crippen molar-refractivity contribution in [1.29, 1.82) is 0 Å². The van der Waals surface area contributed by atoms with Crippen LogP contribution < -0.4 is 11.1 Å². The molecule has 94 valence electrons. The number of fused-ring (bicyclic) bond motifs is 1. The summed E-state index contributed by atoms with van der Waals surface area (Å²) in [6.45, 7) is 3.47. The van der Waals surface area contributed by atoms with E-state index in [0.29, 0.717) is 5.02 Å². The number of anilines is 1. The highest BCUT2D eigenvalue weighted by molar-refractivity contribution is 6.31. The number of benzene rings is 1. The highest BCUT2D eigenvalue weighted by Gasteiger charge is 2.24. The summed E-state index contributed by atoms with van der Waals surface area (Å²) in [5.74, 6) is -0.415. The Bertz CT molecular complexity index is 610. The highest BCUT2D eigenvalue weighted by atomic mass is 35.5. The van der Waals surface area contributed by atoms with Crippen molar-refractivity contribution in [3.8, 4) is 0 Å². The molecular formula is C13H14ClN3O. The molecule has 0 radical (unpaired) electrons. The van der Waals surface area contributed by atoms with Gasteiger partial charge in [-0.05, 0) is 38.1 Å². The zero-order valence-electron chi connectivity index (χ0n) is 10.2. The van der Waals surface area contributed by atoms with Crippen LogP contribution in [0.3, 0.4) is 0 Å². The van der Waals surface area contributed by atoms with Crippen molar-refractivity contribution >= 4 is 34.1 Å². The van der Waals surface area contributed by atoms with Crippen molar-refractivity contribution in [3.05, 3.63) is 35.5 Å². The van der Waals surface area contributed by atoms with Crippen molar-refractivity contribution in [2.75, 3.05) is 5.32 Å². The quantitative estimate of drug-likeness (QED) is 0.894. The minimum atomic E-state index is -0.825. The Morgan fingerprint density at radius 3 is 2.78 bits per heavy atom. The van der Waals surface area contributed by atoms with Gasteiger partial charge < -0.3 is 11.1 Å². The molecule has 0 atom stereocenters. The van der Waals surface area contributed by atoms with E-state index >= 15 is 0 Å². The number of hydrogen-bond acceptors (Lipinski definition) is 3. The Morgan fingerprint density at radius 1 is 1.39 bits per heavy atom. The van der Waals surface area contributed by atoms with Gasteiger partial charge in [-0.1, -0.05) is 11.6 Å². The summed E-state index contributed by atoms with van der Waals surface area (Å²) in [6.07, 6.45) is 1.66. The van der Waals surface area contributed by atoms with E-state index in [4.69, 9.17) is 17.3 Å². The van der Waals surface area contributed by atoms with Gasteiger partial charge in [-0.15, -0.1) is 0 Å². The van der Waals surface area contributed by atoms with Gasteiger partial charge in [-0.2, -0.15) is 0 Å². The highest BCUT2D eigenvalue weighted by Crippen LogP contribution is 2.26. The molecule has 1 aromatic carbocycles. The zero-order chi connectivity index (χ0) is 13.3. The predicted molar refractivity (Wildman–Crippen MR) is 73.6 cm³/mol. The van der Waals surface area contributed by atoms with Gasteiger partial charge in [0, 0.05) is 22.3 Å². The number of pyridine rings is 1. The van der Waals surface area contributed by atoms with E-state index in [1.165, 1.54) is 0 Å². The molecule has 1 amide bonds. The number of carbonyl (C=O) groups excluding carboxylic acids is 1. The number of amides is 1. The largest absolute Gasteiger partial charge is 0.371 e. The molecule has 0 fully saturated rings. The SMILES string of the molecule is CC(C)(Nc1ccnc2cc(Cl)ccc12)C(N)=O. The lowest BCUT2D eigenvalue weighted by molar-refractivity contribution is -0.121. The van der Waals surface area contributed by atoms with Gasteiger partial charge in [-0.3, -0.25) is 9.78 Å². The number of halogens is 1. The van der Waals surface area contributed by atoms with Gasteiger partial charge in [0.25, 0.3) is 0 Å². The fraction of sp³-hybridized carbons (Fsp3) is 0.231. The number of nitrogens with zero attached hydrogens (tertiary/aromatic N) is 1. The number of primary amides is 1. The van der Waals surface area contributed by atoms with Crippen LogP contribution in [-0.4, -0.2) is 16.4 Å². The molecule has 2 rings (SSSR count). The van der Waals surface area contributed by atoms with Gasteiger partial charge in [0.05, 0.1) is 5.52 Å². The monoisotopic (exact) mass is 263 g/mol. The lowest BCUT2D eigenvalue weighted by Gasteiger charge is -2.24. The molecule has 0 aliphatic heterocycles. The fourth-order valence-corrected chi connectivity index (χ4v) is 1.79. The maximum absolute atomic E-state index is 11.3. The first kappa shape index (κ1) is 12.6. The van der Waals surface area contributed by atoms with E-state index in [1.54, 1.807) is 38.2 Å². The Kier molecular flexibility index (Phi) is 3.13. The molecule has 18 heavy (non-hydrogen) atoms. The Hall–Kier alpha value is -1.81. The molecule has 1 aromatic heterocycles. The normalized spacial score (nSPS) is 11.5. The van der Waals surface area contributed by atoms with Crippen LogP contribution in [-0.2, 0) is 4.79 Å². The van der Waals surface area contributed by atoms with E-state index in [9.17, 15) is 4.79 Å². The molecule has 0 aliphatic rings. The molecule has 5 heteroatoms. The molecule has 0 aliphatic carbocycles. The summed E-state index contributed by atoms with van der Waals surface area (Å²) < 4.78 is 0. The molecule has 2 aromatic rings. The average Bonchev–Trinajstić information content (AvgIpc) is 2.28. The molecule has 0 saturated heterocycles. The van der Waals surface area contributed by atoms with Crippen LogP contribution in [0, 0.1) is 0 Å². The molecule has 0 bridgehead atoms. The van der Waals surface area contributed by atoms with E-state index in [1.807, 2.05) is 6.07 Å². The summed E-state index contributed by atoms with van der Waals surface area (Å²) in [5.41, 5.74) is 6.10. The molecule has 0 unspecified atom stereocenters. The summed E-state index contributed by atoms with van der Waals surface area (Å²) in [6, 6.07) is 7.23. The third-order valence-electron chi connectivity index (χ3n) is 2.77. The zero-order valence-corrected chi connectivity index (χ0v) is 11.0. The van der Waals surface area contributed by atoms with Gasteiger partial charge >= 0.3 is 0 Å². The van der Waals surface area contributed by atoms with E-state index in [0.717, 1.165) is 16.6 Å². The molecule has 4 nitrogen and oxygen atoms in total. The van der Waals surface area contributed by atoms with Crippen LogP contribution in [0.25, 0.3) is 10.9 Å². The predicted octanol–water partition coefficient (Wildman–Crippen LogP) is 2.56. The number of carbonyl (C=O) groups is 1. The minimum Gasteiger partial charge on any atom is -0.371 e. The summed E-state index contributed by atoms with van der Waals surface area (Å²) >= 11 is 5.92. The van der Waals surface area contributed by atoms with E-state index < -0.39 is 11.4 Å². The van der Waals surface area contributed by atoms with E-state index in [-0.39, 0.29) is 0 Å². The molecular weight excluding hydrogens is 250 g/mol. The average molecular weight is 264 g/mol. The second-order valence-corrected chi connectivity index (χ2v) is 5.07. The molecule has 0 saturated carbocycles. The Morgan fingerprint density at radius 2 is 2.11 bits per heavy atom. The number of rotatable bonds is 3. The maximum atomic E-state index is 11.3. The third kappa shape index (κ3) is 2.38. The van der Waals surface area contributed by atoms with E-state index in [2.05, 4.69) is 10.3 Å². The van der Waals surface area contributed by atoms with Crippen molar-refractivity contribution in [1.82, 2.24) is 4.98 Å². The minimum absolute atomic E-state index is 0.415. The summed E-state index contributed by atoms with van der Waals surface area (Å²) in [7, 11) is 0. The van der Waals surface area contributed by atoms with Gasteiger partial charge in [0.2, 0.25) is 5.91 Å². The van der Waals surface area contributed by atoms with Gasteiger partial charge in [0.1, 0.15) is 5.54 Å². The number of aromatic nitrogens is 1. The third-order valence-corrected chi connectivity index (χ3v) is 3.00. The summed E-state index contributed by atoms with van der Waals surface area (Å²) in [4.78, 5) is 15.6. The topological polar surface area (TPSA) is 68.0 Å². The van der Waals surface area contributed by atoms with Crippen LogP contribution in [0.1, 0.15) is 13.8 Å². The maximum Gasteiger partial charge on any atom is 0.242 e. The van der Waals surface area contributed by atoms with Crippen molar-refractivity contribution in [2.24, 2.45) is 5.73 Å². The second kappa shape index (κ2) is 4.46. The van der Waals surface area contributed by atoms with Crippen LogP contribution in [0.2, 0.25) is 5.02 Å². The molecule has 3 N–H and O–H groups in total. The van der Waals surface area contributed by atoms with Crippen LogP contribution in [0.4, 0.5) is 5.69 Å². The second-order valence-electron chi connectivity index (χ2n) is 4.63. The van der Waals surface area contributed by atoms with Gasteiger partial charge in [-0.25, -0.2) is 0 Å². The van der Waals surface area contributed by atoms with Gasteiger partial charge in [0.15, 0.2) is 0 Å². The lowest BCUT2D eigenvalue weighted by atomic mass is 10.0. The van der Waals surface area contributed by atoms with Crippen molar-refractivity contribution in [3.63, 3.8) is 0 Å². The smallest absolute Gasteiger partial charge is 0.242 e. The van der Waals surface area contributed by atoms with Crippen LogP contribution in [0.15, 0.2) is 30.5 Å². The van der Waals surface area contributed by atoms with Crippen molar-refractivity contribution < 1.29 is 4.79 Å². The number of nitrogens with one attached hydrogen (secondary N) is 1. The van der Waals surface area contributed by atoms with Crippen LogP contribution in [0.5, 0.6) is 0 Å². The first-order chi connectivity index (χ1) is 8.40. The molecule has 0 spiro atoms. The molecule has 1 heterocycles.